The molecular weight excluding hydrogens is 318 g/mol. The number of nitrogens with one attached hydrogen (secondary N) is 2. The number of nitrogens with zero attached hydrogens (tertiary/aromatic N) is 1. The predicted octanol–water partition coefficient (Wildman–Crippen LogP) is 3.49. The number of aliphatic imine (C=N–C) groups is 1. The number of hydrogen-bond donors (Lipinski definition) is 2. The Kier molecular flexibility index (Phi) is 7.62. The Morgan fingerprint density at radius 3 is 2.38 bits per heavy atom. The quantitative estimate of drug-likeness (QED) is 0.569. The lowest BCUT2D eigenvalue weighted by atomic mass is 10.1. The Hall–Kier alpha value is -2.01. The van der Waals surface area contributed by atoms with Crippen LogP contribution in [0.25, 0.3) is 0 Å². The van der Waals surface area contributed by atoms with Gasteiger partial charge < -0.3 is 15.4 Å². The molecule has 5 heteroatoms. The van der Waals surface area contributed by atoms with Crippen molar-refractivity contribution in [3.05, 3.63) is 52.2 Å². The molecule has 0 aliphatic heterocycles. The van der Waals surface area contributed by atoms with Crippen LogP contribution in [0.5, 0.6) is 5.75 Å². The fraction of sp³-hybridized carbons (Fsp3) is 0.421. The van der Waals surface area contributed by atoms with E-state index in [0.717, 1.165) is 37.6 Å². The van der Waals surface area contributed by atoms with E-state index in [0.29, 0.717) is 0 Å². The summed E-state index contributed by atoms with van der Waals surface area (Å²) in [6.07, 6.45) is 2.18. The van der Waals surface area contributed by atoms with Gasteiger partial charge in [0.05, 0.1) is 6.10 Å². The van der Waals surface area contributed by atoms with Crippen LogP contribution >= 0.6 is 11.3 Å². The predicted molar refractivity (Wildman–Crippen MR) is 103 cm³/mol. The summed E-state index contributed by atoms with van der Waals surface area (Å²) in [6.45, 7) is 5.81. The zero-order valence-electron chi connectivity index (χ0n) is 14.7. The Bertz CT molecular complexity index is 606. The van der Waals surface area contributed by atoms with E-state index in [-0.39, 0.29) is 6.10 Å². The highest BCUT2D eigenvalue weighted by molar-refractivity contribution is 7.09. The molecule has 0 saturated heterocycles. The van der Waals surface area contributed by atoms with E-state index >= 15 is 0 Å². The van der Waals surface area contributed by atoms with Gasteiger partial charge in [-0.3, -0.25) is 4.99 Å². The molecule has 0 bridgehead atoms. The van der Waals surface area contributed by atoms with Gasteiger partial charge >= 0.3 is 0 Å². The standard InChI is InChI=1S/C19H27N3OS/c1-15(2)23-17-8-6-16(7-9-17)10-12-21-19(20-3)22-13-11-18-5-4-14-24-18/h4-9,14-15H,10-13H2,1-3H3,(H2,20,21,22). The van der Waals surface area contributed by atoms with E-state index in [1.165, 1.54) is 10.4 Å². The number of thiophene rings is 1. The summed E-state index contributed by atoms with van der Waals surface area (Å²) in [6, 6.07) is 12.5. The molecule has 1 heterocycles. The SMILES string of the molecule is CN=C(NCCc1ccc(OC(C)C)cc1)NCCc1cccs1. The van der Waals surface area contributed by atoms with E-state index in [2.05, 4.69) is 45.3 Å². The molecule has 24 heavy (non-hydrogen) atoms. The van der Waals surface area contributed by atoms with Gasteiger partial charge in [-0.15, -0.1) is 11.3 Å². The van der Waals surface area contributed by atoms with Crippen molar-refractivity contribution < 1.29 is 4.74 Å². The van der Waals surface area contributed by atoms with Crippen LogP contribution in [0.3, 0.4) is 0 Å². The Morgan fingerprint density at radius 1 is 1.08 bits per heavy atom. The van der Waals surface area contributed by atoms with Gasteiger partial charge in [-0.25, -0.2) is 0 Å². The molecule has 0 aliphatic carbocycles. The van der Waals surface area contributed by atoms with E-state index in [4.69, 9.17) is 4.74 Å². The first-order chi connectivity index (χ1) is 11.7. The lowest BCUT2D eigenvalue weighted by Crippen LogP contribution is -2.39. The van der Waals surface area contributed by atoms with Crippen molar-refractivity contribution in [1.29, 1.82) is 0 Å². The molecule has 1 aromatic heterocycles. The van der Waals surface area contributed by atoms with Crippen LogP contribution in [-0.2, 0) is 12.8 Å². The van der Waals surface area contributed by atoms with Crippen molar-refractivity contribution in [3.63, 3.8) is 0 Å². The van der Waals surface area contributed by atoms with Crippen LogP contribution in [0.4, 0.5) is 0 Å². The third-order valence-electron chi connectivity index (χ3n) is 3.47. The van der Waals surface area contributed by atoms with Crippen LogP contribution in [0.2, 0.25) is 0 Å². The van der Waals surface area contributed by atoms with Crippen molar-refractivity contribution >= 4 is 17.3 Å². The second kappa shape index (κ2) is 9.98. The summed E-state index contributed by atoms with van der Waals surface area (Å²) in [5, 5.41) is 8.82. The maximum Gasteiger partial charge on any atom is 0.190 e. The van der Waals surface area contributed by atoms with Crippen LogP contribution in [0.1, 0.15) is 24.3 Å². The maximum absolute atomic E-state index is 5.66. The minimum atomic E-state index is 0.209. The fourth-order valence-electron chi connectivity index (χ4n) is 2.31. The Labute approximate surface area is 149 Å². The number of hydrogen-bond acceptors (Lipinski definition) is 3. The Morgan fingerprint density at radius 2 is 1.79 bits per heavy atom. The molecule has 2 rings (SSSR count). The molecule has 0 atom stereocenters. The number of rotatable bonds is 8. The third kappa shape index (κ3) is 6.62. The van der Waals surface area contributed by atoms with E-state index in [1.807, 2.05) is 26.0 Å². The van der Waals surface area contributed by atoms with Gasteiger partial charge in [0.1, 0.15) is 5.75 Å². The first-order valence-corrected chi connectivity index (χ1v) is 9.28. The average Bonchev–Trinajstić information content (AvgIpc) is 3.08. The smallest absolute Gasteiger partial charge is 0.190 e. The molecule has 0 amide bonds. The highest BCUT2D eigenvalue weighted by Crippen LogP contribution is 2.14. The van der Waals surface area contributed by atoms with Gasteiger partial charge in [0.25, 0.3) is 0 Å². The third-order valence-corrected chi connectivity index (χ3v) is 4.40. The minimum Gasteiger partial charge on any atom is -0.491 e. The molecule has 0 fully saturated rings. The van der Waals surface area contributed by atoms with Crippen LogP contribution < -0.4 is 15.4 Å². The van der Waals surface area contributed by atoms with Crippen molar-refractivity contribution in [2.75, 3.05) is 20.1 Å². The molecule has 2 aromatic rings. The van der Waals surface area contributed by atoms with Crippen molar-refractivity contribution in [1.82, 2.24) is 10.6 Å². The molecular formula is C19H27N3OS. The lowest BCUT2D eigenvalue weighted by Gasteiger charge is -2.12. The molecule has 4 nitrogen and oxygen atoms in total. The first kappa shape index (κ1) is 18.3. The molecule has 1 aromatic carbocycles. The maximum atomic E-state index is 5.66. The summed E-state index contributed by atoms with van der Waals surface area (Å²) in [5.74, 6) is 1.78. The zero-order valence-corrected chi connectivity index (χ0v) is 15.5. The zero-order chi connectivity index (χ0) is 17.2. The monoisotopic (exact) mass is 345 g/mol. The van der Waals surface area contributed by atoms with E-state index in [1.54, 1.807) is 18.4 Å². The summed E-state index contributed by atoms with van der Waals surface area (Å²) in [5.41, 5.74) is 1.28. The second-order valence-electron chi connectivity index (χ2n) is 5.82. The highest BCUT2D eigenvalue weighted by Gasteiger charge is 2.01. The van der Waals surface area contributed by atoms with Gasteiger partial charge in [-0.05, 0) is 55.8 Å². The summed E-state index contributed by atoms with van der Waals surface area (Å²) >= 11 is 1.79. The Balaban J connectivity index is 1.67. The number of ether oxygens (including phenoxy) is 1. The molecule has 0 unspecified atom stereocenters. The molecule has 0 radical (unpaired) electrons. The summed E-state index contributed by atoms with van der Waals surface area (Å²) < 4.78 is 5.66. The molecule has 2 N–H and O–H groups in total. The minimum absolute atomic E-state index is 0.209. The number of guanidine groups is 1. The van der Waals surface area contributed by atoms with Crippen LogP contribution in [-0.4, -0.2) is 32.2 Å². The lowest BCUT2D eigenvalue weighted by molar-refractivity contribution is 0.242. The normalized spacial score (nSPS) is 11.6. The fourth-order valence-corrected chi connectivity index (χ4v) is 3.02. The van der Waals surface area contributed by atoms with E-state index < -0.39 is 0 Å². The second-order valence-corrected chi connectivity index (χ2v) is 6.85. The van der Waals surface area contributed by atoms with E-state index in [9.17, 15) is 0 Å². The topological polar surface area (TPSA) is 45.7 Å². The van der Waals surface area contributed by atoms with Gasteiger partial charge in [0.15, 0.2) is 5.96 Å². The number of benzene rings is 1. The molecule has 0 saturated carbocycles. The first-order valence-electron chi connectivity index (χ1n) is 8.40. The molecule has 0 aliphatic rings. The average molecular weight is 346 g/mol. The van der Waals surface area contributed by atoms with Crippen molar-refractivity contribution in [2.24, 2.45) is 4.99 Å². The van der Waals surface area contributed by atoms with Gasteiger partial charge in [0, 0.05) is 25.0 Å². The van der Waals surface area contributed by atoms with Crippen LogP contribution in [0, 0.1) is 0 Å². The van der Waals surface area contributed by atoms with Gasteiger partial charge in [-0.1, -0.05) is 18.2 Å². The van der Waals surface area contributed by atoms with Gasteiger partial charge in [-0.2, -0.15) is 0 Å². The van der Waals surface area contributed by atoms with Crippen molar-refractivity contribution in [3.8, 4) is 5.75 Å². The van der Waals surface area contributed by atoms with Crippen LogP contribution in [0.15, 0.2) is 46.8 Å². The summed E-state index contributed by atoms with van der Waals surface area (Å²) in [7, 11) is 1.80. The van der Waals surface area contributed by atoms with Crippen molar-refractivity contribution in [2.45, 2.75) is 32.8 Å². The highest BCUT2D eigenvalue weighted by atomic mass is 32.1. The molecule has 0 spiro atoms. The van der Waals surface area contributed by atoms with Gasteiger partial charge in [0.2, 0.25) is 0 Å². The largest absolute Gasteiger partial charge is 0.491 e. The molecule has 130 valence electrons. The summed E-state index contributed by atoms with van der Waals surface area (Å²) in [4.78, 5) is 5.65.